The van der Waals surface area contributed by atoms with Crippen molar-refractivity contribution in [2.45, 2.75) is 24.2 Å². The van der Waals surface area contributed by atoms with Gasteiger partial charge in [-0.25, -0.2) is 4.39 Å². The monoisotopic (exact) mass is 332 g/mol. The fourth-order valence-electron chi connectivity index (χ4n) is 2.22. The number of thioether (sulfide) groups is 1. The van der Waals surface area contributed by atoms with Gasteiger partial charge in [0.1, 0.15) is 5.82 Å². The zero-order chi connectivity index (χ0) is 14.2. The Morgan fingerprint density at radius 1 is 1.38 bits per heavy atom. The molecule has 1 aromatic carbocycles. The maximum absolute atomic E-state index is 12.7. The largest absolute Gasteiger partial charge is 0.356 e. The predicted octanol–water partition coefficient (Wildman–Crippen LogP) is 2.85. The van der Waals surface area contributed by atoms with Gasteiger partial charge in [-0.05, 0) is 55.8 Å². The van der Waals surface area contributed by atoms with E-state index in [1.165, 1.54) is 12.1 Å². The highest BCUT2D eigenvalue weighted by atomic mass is 35.5. The van der Waals surface area contributed by atoms with Crippen LogP contribution in [0.15, 0.2) is 29.2 Å². The molecule has 0 spiro atoms. The zero-order valence-electron chi connectivity index (χ0n) is 11.9. The number of carbonyl (C=O) groups is 1. The molecular weight excluding hydrogens is 311 g/mol. The van der Waals surface area contributed by atoms with Crippen LogP contribution in [0.5, 0.6) is 0 Å². The summed E-state index contributed by atoms with van der Waals surface area (Å²) in [7, 11) is 0. The number of piperidine rings is 1. The van der Waals surface area contributed by atoms with Crippen LogP contribution in [0.4, 0.5) is 4.39 Å². The van der Waals surface area contributed by atoms with E-state index in [0.717, 1.165) is 43.0 Å². The van der Waals surface area contributed by atoms with Gasteiger partial charge >= 0.3 is 0 Å². The minimum absolute atomic E-state index is 0. The Hall–Kier alpha value is -0.780. The van der Waals surface area contributed by atoms with Gasteiger partial charge in [-0.3, -0.25) is 4.79 Å². The van der Waals surface area contributed by atoms with Gasteiger partial charge in [-0.15, -0.1) is 24.2 Å². The summed E-state index contributed by atoms with van der Waals surface area (Å²) in [6.07, 6.45) is 3.00. The molecule has 1 aliphatic rings. The molecule has 1 saturated heterocycles. The SMILES string of the molecule is Cl.O=C(NCCCSc1ccc(F)cc1)C1CCCNC1. The van der Waals surface area contributed by atoms with Crippen LogP contribution in [0.3, 0.4) is 0 Å². The van der Waals surface area contributed by atoms with Crippen LogP contribution >= 0.6 is 24.2 Å². The summed E-state index contributed by atoms with van der Waals surface area (Å²) in [5.74, 6) is 1.02. The number of halogens is 2. The van der Waals surface area contributed by atoms with Crippen molar-refractivity contribution < 1.29 is 9.18 Å². The van der Waals surface area contributed by atoms with Crippen molar-refractivity contribution in [1.29, 1.82) is 0 Å². The lowest BCUT2D eigenvalue weighted by molar-refractivity contribution is -0.125. The normalized spacial score (nSPS) is 17.9. The molecular formula is C15H22ClFN2OS. The number of amides is 1. The Balaban J connectivity index is 0.00000220. The fourth-order valence-corrected chi connectivity index (χ4v) is 3.08. The molecule has 1 aliphatic heterocycles. The molecule has 6 heteroatoms. The third kappa shape index (κ3) is 6.68. The van der Waals surface area contributed by atoms with Crippen molar-refractivity contribution in [2.24, 2.45) is 5.92 Å². The third-order valence-corrected chi connectivity index (χ3v) is 4.47. The first kappa shape index (κ1) is 18.3. The molecule has 21 heavy (non-hydrogen) atoms. The molecule has 1 aromatic rings. The number of carbonyl (C=O) groups excluding carboxylic acids is 1. The highest BCUT2D eigenvalue weighted by Gasteiger charge is 2.19. The zero-order valence-corrected chi connectivity index (χ0v) is 13.6. The average molecular weight is 333 g/mol. The summed E-state index contributed by atoms with van der Waals surface area (Å²) in [5.41, 5.74) is 0. The number of hydrogen-bond acceptors (Lipinski definition) is 3. The van der Waals surface area contributed by atoms with Crippen LogP contribution in [-0.4, -0.2) is 31.3 Å². The molecule has 0 saturated carbocycles. The molecule has 1 atom stereocenters. The smallest absolute Gasteiger partial charge is 0.224 e. The summed E-state index contributed by atoms with van der Waals surface area (Å²) in [5, 5.41) is 6.24. The quantitative estimate of drug-likeness (QED) is 0.621. The van der Waals surface area contributed by atoms with Gasteiger partial charge < -0.3 is 10.6 Å². The summed E-state index contributed by atoms with van der Waals surface area (Å²) >= 11 is 1.69. The van der Waals surface area contributed by atoms with E-state index in [2.05, 4.69) is 10.6 Å². The van der Waals surface area contributed by atoms with Crippen LogP contribution in [0, 0.1) is 11.7 Å². The third-order valence-electron chi connectivity index (χ3n) is 3.37. The molecule has 1 heterocycles. The summed E-state index contributed by atoms with van der Waals surface area (Å²) in [6, 6.07) is 6.51. The average Bonchev–Trinajstić information content (AvgIpc) is 2.49. The van der Waals surface area contributed by atoms with E-state index in [9.17, 15) is 9.18 Å². The van der Waals surface area contributed by atoms with Gasteiger partial charge in [0.2, 0.25) is 5.91 Å². The molecule has 0 bridgehead atoms. The van der Waals surface area contributed by atoms with Crippen LogP contribution in [0.25, 0.3) is 0 Å². The Morgan fingerprint density at radius 3 is 2.81 bits per heavy atom. The molecule has 0 aromatic heterocycles. The molecule has 1 fully saturated rings. The van der Waals surface area contributed by atoms with Gasteiger partial charge in [0, 0.05) is 18.0 Å². The van der Waals surface area contributed by atoms with E-state index in [-0.39, 0.29) is 30.0 Å². The van der Waals surface area contributed by atoms with E-state index in [4.69, 9.17) is 0 Å². The van der Waals surface area contributed by atoms with E-state index >= 15 is 0 Å². The van der Waals surface area contributed by atoms with Crippen molar-refractivity contribution >= 4 is 30.1 Å². The lowest BCUT2D eigenvalue weighted by Crippen LogP contribution is -2.40. The van der Waals surface area contributed by atoms with Gasteiger partial charge in [-0.1, -0.05) is 0 Å². The van der Waals surface area contributed by atoms with Crippen LogP contribution < -0.4 is 10.6 Å². The maximum atomic E-state index is 12.7. The topological polar surface area (TPSA) is 41.1 Å². The minimum Gasteiger partial charge on any atom is -0.356 e. The first-order valence-electron chi connectivity index (χ1n) is 7.12. The molecule has 3 nitrogen and oxygen atoms in total. The van der Waals surface area contributed by atoms with Gasteiger partial charge in [0.25, 0.3) is 0 Å². The Bertz CT molecular complexity index is 424. The summed E-state index contributed by atoms with van der Waals surface area (Å²) < 4.78 is 12.7. The van der Waals surface area contributed by atoms with E-state index in [0.29, 0.717) is 6.54 Å². The van der Waals surface area contributed by atoms with Crippen molar-refractivity contribution in [3.63, 3.8) is 0 Å². The van der Waals surface area contributed by atoms with Crippen molar-refractivity contribution in [3.8, 4) is 0 Å². The number of benzene rings is 1. The molecule has 0 radical (unpaired) electrons. The van der Waals surface area contributed by atoms with Crippen LogP contribution in [0.2, 0.25) is 0 Å². The first-order valence-corrected chi connectivity index (χ1v) is 8.11. The Kier molecular flexibility index (Phi) is 8.73. The van der Waals surface area contributed by atoms with Crippen molar-refractivity contribution in [3.05, 3.63) is 30.1 Å². The van der Waals surface area contributed by atoms with Crippen molar-refractivity contribution in [2.75, 3.05) is 25.4 Å². The second-order valence-electron chi connectivity index (χ2n) is 4.99. The molecule has 1 amide bonds. The van der Waals surface area contributed by atoms with Crippen LogP contribution in [0.1, 0.15) is 19.3 Å². The molecule has 2 N–H and O–H groups in total. The van der Waals surface area contributed by atoms with Gasteiger partial charge in [0.15, 0.2) is 0 Å². The second kappa shape index (κ2) is 10.0. The lowest BCUT2D eigenvalue weighted by Gasteiger charge is -2.21. The molecule has 0 aliphatic carbocycles. The predicted molar refractivity (Wildman–Crippen MR) is 87.6 cm³/mol. The fraction of sp³-hybridized carbons (Fsp3) is 0.533. The molecule has 1 unspecified atom stereocenters. The van der Waals surface area contributed by atoms with Crippen molar-refractivity contribution in [1.82, 2.24) is 10.6 Å². The van der Waals surface area contributed by atoms with Crippen LogP contribution in [-0.2, 0) is 4.79 Å². The van der Waals surface area contributed by atoms with E-state index < -0.39 is 0 Å². The standard InChI is InChI=1S/C15H21FN2OS.ClH/c16-13-4-6-14(7-5-13)20-10-2-9-18-15(19)12-3-1-8-17-11-12;/h4-7,12,17H,1-3,8-11H2,(H,18,19);1H. The van der Waals surface area contributed by atoms with E-state index in [1.54, 1.807) is 23.9 Å². The lowest BCUT2D eigenvalue weighted by atomic mass is 9.99. The van der Waals surface area contributed by atoms with E-state index in [1.807, 2.05) is 0 Å². The maximum Gasteiger partial charge on any atom is 0.224 e. The Morgan fingerprint density at radius 2 is 2.14 bits per heavy atom. The highest BCUT2D eigenvalue weighted by Crippen LogP contribution is 2.18. The minimum atomic E-state index is -0.206. The first-order chi connectivity index (χ1) is 9.75. The number of rotatable bonds is 6. The molecule has 2 rings (SSSR count). The number of nitrogens with one attached hydrogen (secondary N) is 2. The van der Waals surface area contributed by atoms with Gasteiger partial charge in [-0.2, -0.15) is 0 Å². The summed E-state index contributed by atoms with van der Waals surface area (Å²) in [4.78, 5) is 12.9. The van der Waals surface area contributed by atoms with Gasteiger partial charge in [0.05, 0.1) is 5.92 Å². The second-order valence-corrected chi connectivity index (χ2v) is 6.16. The highest BCUT2D eigenvalue weighted by molar-refractivity contribution is 7.99. The molecule has 118 valence electrons. The Labute approximate surface area is 135 Å². The number of hydrogen-bond donors (Lipinski definition) is 2. The summed E-state index contributed by atoms with van der Waals surface area (Å²) in [6.45, 7) is 2.54.